The van der Waals surface area contributed by atoms with Crippen LogP contribution in [-0.2, 0) is 42.8 Å². The molecule has 1 aromatic carbocycles. The van der Waals surface area contributed by atoms with Crippen molar-refractivity contribution in [1.29, 1.82) is 0 Å². The number of hydrogen-bond donors (Lipinski definition) is 1. The van der Waals surface area contributed by atoms with Crippen LogP contribution >= 0.6 is 0 Å². The Hall–Kier alpha value is -1.60. The maximum Gasteiger partial charge on any atom is 0.329 e. The highest BCUT2D eigenvalue weighted by molar-refractivity contribution is 7.86. The van der Waals surface area contributed by atoms with Gasteiger partial charge in [-0.2, -0.15) is 8.42 Å². The molecule has 30 heavy (non-hydrogen) atoms. The van der Waals surface area contributed by atoms with E-state index in [1.54, 1.807) is 12.1 Å². The van der Waals surface area contributed by atoms with Gasteiger partial charge in [0, 0.05) is 0 Å². The predicted octanol–water partition coefficient (Wildman–Crippen LogP) is 0.868. The molecule has 1 aromatic rings. The van der Waals surface area contributed by atoms with Crippen LogP contribution in [0.5, 0.6) is 0 Å². The first-order valence-corrected chi connectivity index (χ1v) is 10.9. The second-order valence-electron chi connectivity index (χ2n) is 5.98. The van der Waals surface area contributed by atoms with Crippen LogP contribution in [0.1, 0.15) is 5.56 Å². The van der Waals surface area contributed by atoms with Crippen LogP contribution in [0, 0.1) is 6.92 Å². The minimum Gasteiger partial charge on any atom is -0.480 e. The van der Waals surface area contributed by atoms with Gasteiger partial charge in [0.05, 0.1) is 71.0 Å². The second kappa shape index (κ2) is 16.1. The van der Waals surface area contributed by atoms with Crippen molar-refractivity contribution in [2.45, 2.75) is 11.8 Å². The Morgan fingerprint density at radius 2 is 1.13 bits per heavy atom. The van der Waals surface area contributed by atoms with Gasteiger partial charge in [0.25, 0.3) is 10.1 Å². The van der Waals surface area contributed by atoms with Crippen LogP contribution in [0.15, 0.2) is 29.2 Å². The first-order valence-electron chi connectivity index (χ1n) is 9.48. The fourth-order valence-corrected chi connectivity index (χ4v) is 2.91. The molecule has 0 heterocycles. The summed E-state index contributed by atoms with van der Waals surface area (Å²) in [5.41, 5.74) is 0.969. The Balaban J connectivity index is 1.85. The predicted molar refractivity (Wildman–Crippen MR) is 106 cm³/mol. The number of rotatable bonds is 19. The molecule has 1 rings (SSSR count). The van der Waals surface area contributed by atoms with E-state index in [4.69, 9.17) is 33.0 Å². The summed E-state index contributed by atoms with van der Waals surface area (Å²) in [4.78, 5) is 10.3. The molecule has 0 saturated heterocycles. The van der Waals surface area contributed by atoms with Crippen molar-refractivity contribution in [2.24, 2.45) is 0 Å². The standard InChI is InChI=1S/C19H30O10S/c1-17-2-4-18(5-3-17)30(22,23)29-15-14-27-11-10-25-7-6-24-8-9-26-12-13-28-16-19(20)21/h2-5H,6-16H2,1H3,(H,20,21). The Morgan fingerprint density at radius 3 is 1.57 bits per heavy atom. The molecule has 0 amide bonds. The molecule has 0 fully saturated rings. The molecule has 0 atom stereocenters. The van der Waals surface area contributed by atoms with Crippen molar-refractivity contribution in [3.63, 3.8) is 0 Å². The topological polar surface area (TPSA) is 127 Å². The first kappa shape index (κ1) is 26.4. The molecule has 0 aliphatic carbocycles. The summed E-state index contributed by atoms with van der Waals surface area (Å²) in [6.07, 6.45) is 0. The molecular formula is C19H30O10S. The molecule has 11 heteroatoms. The van der Waals surface area contributed by atoms with Gasteiger partial charge in [-0.15, -0.1) is 0 Å². The minimum atomic E-state index is -3.77. The fraction of sp³-hybridized carbons (Fsp3) is 0.632. The van der Waals surface area contributed by atoms with Gasteiger partial charge in [0.2, 0.25) is 0 Å². The third-order valence-electron chi connectivity index (χ3n) is 3.49. The molecule has 0 unspecified atom stereocenters. The number of hydrogen-bond acceptors (Lipinski definition) is 9. The molecule has 0 bridgehead atoms. The summed E-state index contributed by atoms with van der Waals surface area (Å²) in [6.45, 7) is 4.37. The quantitative estimate of drug-likeness (QED) is 0.239. The van der Waals surface area contributed by atoms with E-state index in [1.807, 2.05) is 6.92 Å². The van der Waals surface area contributed by atoms with E-state index >= 15 is 0 Å². The van der Waals surface area contributed by atoms with Gasteiger partial charge in [-0.05, 0) is 19.1 Å². The summed E-state index contributed by atoms with van der Waals surface area (Å²) in [5, 5.41) is 8.37. The van der Waals surface area contributed by atoms with Gasteiger partial charge < -0.3 is 28.8 Å². The smallest absolute Gasteiger partial charge is 0.329 e. The SMILES string of the molecule is Cc1ccc(S(=O)(=O)OCCOCCOCCOCCOCCOCC(=O)O)cc1. The van der Waals surface area contributed by atoms with Crippen molar-refractivity contribution >= 4 is 16.1 Å². The maximum absolute atomic E-state index is 12.0. The van der Waals surface area contributed by atoms with E-state index in [0.29, 0.717) is 46.2 Å². The number of carboxylic acids is 1. The summed E-state index contributed by atoms with van der Waals surface area (Å²) in [5.74, 6) is -1.01. The molecule has 0 radical (unpaired) electrons. The number of ether oxygens (including phenoxy) is 5. The van der Waals surface area contributed by atoms with E-state index in [1.165, 1.54) is 12.1 Å². The number of carboxylic acid groups (broad SMARTS) is 1. The zero-order chi connectivity index (χ0) is 22.1. The van der Waals surface area contributed by atoms with Gasteiger partial charge in [-0.3, -0.25) is 4.18 Å². The van der Waals surface area contributed by atoms with Crippen molar-refractivity contribution in [2.75, 3.05) is 72.7 Å². The third-order valence-corrected chi connectivity index (χ3v) is 4.82. The van der Waals surface area contributed by atoms with Gasteiger partial charge in [-0.25, -0.2) is 4.79 Å². The van der Waals surface area contributed by atoms with Gasteiger partial charge in [0.1, 0.15) is 6.61 Å². The highest BCUT2D eigenvalue weighted by Gasteiger charge is 2.14. The molecular weight excluding hydrogens is 420 g/mol. The zero-order valence-electron chi connectivity index (χ0n) is 17.1. The van der Waals surface area contributed by atoms with E-state index in [2.05, 4.69) is 0 Å². The van der Waals surface area contributed by atoms with Gasteiger partial charge in [0.15, 0.2) is 0 Å². The molecule has 0 aliphatic heterocycles. The Morgan fingerprint density at radius 1 is 0.733 bits per heavy atom. The van der Waals surface area contributed by atoms with E-state index in [-0.39, 0.29) is 31.3 Å². The Labute approximate surface area is 177 Å². The highest BCUT2D eigenvalue weighted by Crippen LogP contribution is 2.12. The second-order valence-corrected chi connectivity index (χ2v) is 7.60. The van der Waals surface area contributed by atoms with E-state index < -0.39 is 16.1 Å². The Bertz CT molecular complexity index is 675. The first-order chi connectivity index (χ1) is 14.4. The van der Waals surface area contributed by atoms with Crippen molar-refractivity contribution in [3.8, 4) is 0 Å². The maximum atomic E-state index is 12.0. The average molecular weight is 451 g/mol. The largest absolute Gasteiger partial charge is 0.480 e. The molecule has 172 valence electrons. The lowest BCUT2D eigenvalue weighted by atomic mass is 10.2. The van der Waals surface area contributed by atoms with Crippen LogP contribution in [-0.4, -0.2) is 92.2 Å². The molecule has 0 aromatic heterocycles. The highest BCUT2D eigenvalue weighted by atomic mass is 32.2. The van der Waals surface area contributed by atoms with Crippen molar-refractivity contribution in [3.05, 3.63) is 29.8 Å². The fourth-order valence-electron chi connectivity index (χ4n) is 2.01. The van der Waals surface area contributed by atoms with Crippen LogP contribution in [0.25, 0.3) is 0 Å². The van der Waals surface area contributed by atoms with E-state index in [0.717, 1.165) is 5.56 Å². The average Bonchev–Trinajstić information content (AvgIpc) is 2.70. The van der Waals surface area contributed by atoms with Gasteiger partial charge >= 0.3 is 5.97 Å². The lowest BCUT2D eigenvalue weighted by Gasteiger charge is -2.08. The lowest BCUT2D eigenvalue weighted by Crippen LogP contribution is -2.15. The molecule has 0 spiro atoms. The lowest BCUT2D eigenvalue weighted by molar-refractivity contribution is -0.142. The minimum absolute atomic E-state index is 0.0688. The Kier molecular flexibility index (Phi) is 14.2. The summed E-state index contributed by atoms with van der Waals surface area (Å²) < 4.78 is 54.7. The monoisotopic (exact) mass is 450 g/mol. The van der Waals surface area contributed by atoms with Crippen LogP contribution in [0.3, 0.4) is 0 Å². The molecule has 1 N–H and O–H groups in total. The molecule has 10 nitrogen and oxygen atoms in total. The number of aryl methyl sites for hydroxylation is 1. The molecule has 0 saturated carbocycles. The zero-order valence-corrected chi connectivity index (χ0v) is 17.9. The summed E-state index contributed by atoms with van der Waals surface area (Å²) in [7, 11) is -3.77. The summed E-state index contributed by atoms with van der Waals surface area (Å²) in [6, 6.07) is 6.43. The third kappa shape index (κ3) is 13.6. The molecule has 0 aliphatic rings. The van der Waals surface area contributed by atoms with Crippen LogP contribution < -0.4 is 0 Å². The summed E-state index contributed by atoms with van der Waals surface area (Å²) >= 11 is 0. The van der Waals surface area contributed by atoms with Gasteiger partial charge in [-0.1, -0.05) is 17.7 Å². The normalized spacial score (nSPS) is 11.6. The van der Waals surface area contributed by atoms with Crippen molar-refractivity contribution in [1.82, 2.24) is 0 Å². The number of carbonyl (C=O) groups is 1. The van der Waals surface area contributed by atoms with Crippen molar-refractivity contribution < 1.29 is 46.2 Å². The van der Waals surface area contributed by atoms with Crippen LogP contribution in [0.4, 0.5) is 0 Å². The van der Waals surface area contributed by atoms with Crippen LogP contribution in [0.2, 0.25) is 0 Å². The number of benzene rings is 1. The van der Waals surface area contributed by atoms with E-state index in [9.17, 15) is 13.2 Å². The number of aliphatic carboxylic acids is 1.